The third kappa shape index (κ3) is 2.99. The Morgan fingerprint density at radius 1 is 1.50 bits per heavy atom. The van der Waals surface area contributed by atoms with Gasteiger partial charge in [0.15, 0.2) is 5.78 Å². The Kier molecular flexibility index (Phi) is 4.17. The Morgan fingerprint density at radius 3 is 2.72 bits per heavy atom. The molecule has 0 spiro atoms. The van der Waals surface area contributed by atoms with E-state index < -0.39 is 6.10 Å². The minimum Gasteiger partial charge on any atom is -0.385 e. The van der Waals surface area contributed by atoms with Crippen LogP contribution in [0, 0.1) is 5.92 Å². The van der Waals surface area contributed by atoms with Crippen molar-refractivity contribution in [2.75, 3.05) is 0 Å². The molecule has 0 aliphatic heterocycles. The zero-order valence-corrected chi connectivity index (χ0v) is 11.2. The first kappa shape index (κ1) is 13.3. The van der Waals surface area contributed by atoms with E-state index in [1.165, 1.54) is 0 Å². The molecule has 0 radical (unpaired) electrons. The third-order valence-corrected chi connectivity index (χ3v) is 3.73. The molecule has 4 heteroatoms. The van der Waals surface area contributed by atoms with E-state index in [-0.39, 0.29) is 18.1 Å². The van der Waals surface area contributed by atoms with Crippen molar-refractivity contribution >= 4 is 5.78 Å². The van der Waals surface area contributed by atoms with E-state index in [9.17, 15) is 9.90 Å². The van der Waals surface area contributed by atoms with Gasteiger partial charge in [0.2, 0.25) is 0 Å². The Labute approximate surface area is 108 Å². The molecule has 0 aromatic carbocycles. The average molecular weight is 250 g/mol. The number of aliphatic hydroxyl groups is 1. The highest BCUT2D eigenvalue weighted by Gasteiger charge is 2.34. The van der Waals surface area contributed by atoms with Gasteiger partial charge in [0.05, 0.1) is 18.2 Å². The van der Waals surface area contributed by atoms with E-state index in [1.807, 2.05) is 16.9 Å². The Balaban J connectivity index is 1.95. The quantitative estimate of drug-likeness (QED) is 0.806. The Hall–Kier alpha value is -1.16. The smallest absolute Gasteiger partial charge is 0.167 e. The lowest BCUT2D eigenvalue weighted by Gasteiger charge is -2.12. The molecular formula is C14H22N2O2. The number of aromatic nitrogens is 2. The van der Waals surface area contributed by atoms with Gasteiger partial charge in [-0.3, -0.25) is 9.48 Å². The van der Waals surface area contributed by atoms with Crippen molar-refractivity contribution in [3.63, 3.8) is 0 Å². The summed E-state index contributed by atoms with van der Waals surface area (Å²) in [4.78, 5) is 11.8. The molecule has 0 amide bonds. The Bertz CT molecular complexity index is 406. The van der Waals surface area contributed by atoms with Crippen molar-refractivity contribution in [2.45, 2.75) is 58.1 Å². The van der Waals surface area contributed by atoms with Crippen LogP contribution < -0.4 is 0 Å². The average Bonchev–Trinajstić information content (AvgIpc) is 3.12. The van der Waals surface area contributed by atoms with Gasteiger partial charge >= 0.3 is 0 Å². The fourth-order valence-electron chi connectivity index (χ4n) is 2.30. The summed E-state index contributed by atoms with van der Waals surface area (Å²) in [5.41, 5.74) is 0.770. The summed E-state index contributed by atoms with van der Waals surface area (Å²) in [6, 6.07) is 2.29. The summed E-state index contributed by atoms with van der Waals surface area (Å²) in [5, 5.41) is 14.2. The molecule has 0 bridgehead atoms. The molecule has 2 rings (SSSR count). The predicted octanol–water partition coefficient (Wildman–Crippen LogP) is 2.13. The van der Waals surface area contributed by atoms with Gasteiger partial charge in [-0.25, -0.2) is 0 Å². The third-order valence-electron chi connectivity index (χ3n) is 3.73. The van der Waals surface area contributed by atoms with Crippen LogP contribution in [0.3, 0.4) is 0 Å². The van der Waals surface area contributed by atoms with Crippen LogP contribution in [0.2, 0.25) is 0 Å². The molecule has 1 unspecified atom stereocenters. The summed E-state index contributed by atoms with van der Waals surface area (Å²) in [6.07, 6.45) is 5.45. The number of hydrogen-bond acceptors (Lipinski definition) is 3. The van der Waals surface area contributed by atoms with Gasteiger partial charge in [0, 0.05) is 6.20 Å². The first-order valence-corrected chi connectivity index (χ1v) is 6.90. The first-order valence-electron chi connectivity index (χ1n) is 6.90. The highest BCUT2D eigenvalue weighted by Crippen LogP contribution is 2.33. The number of ketones is 1. The Morgan fingerprint density at radius 2 is 2.17 bits per heavy atom. The lowest BCUT2D eigenvalue weighted by molar-refractivity contribution is -0.127. The van der Waals surface area contributed by atoms with Gasteiger partial charge < -0.3 is 5.11 Å². The van der Waals surface area contributed by atoms with Crippen LogP contribution in [-0.2, 0) is 11.2 Å². The van der Waals surface area contributed by atoms with Gasteiger partial charge in [-0.05, 0) is 37.7 Å². The zero-order valence-electron chi connectivity index (χ0n) is 11.2. The van der Waals surface area contributed by atoms with Crippen LogP contribution >= 0.6 is 0 Å². The summed E-state index contributed by atoms with van der Waals surface area (Å²) >= 11 is 0. The molecule has 18 heavy (non-hydrogen) atoms. The molecule has 1 heterocycles. The van der Waals surface area contributed by atoms with Gasteiger partial charge in [0.1, 0.15) is 6.10 Å². The number of nitrogens with zero attached hydrogens (tertiary/aromatic N) is 2. The number of hydrogen-bond donors (Lipinski definition) is 1. The second-order valence-electron chi connectivity index (χ2n) is 5.18. The maximum absolute atomic E-state index is 11.8. The minimum absolute atomic E-state index is 0.0905. The van der Waals surface area contributed by atoms with Gasteiger partial charge in [-0.2, -0.15) is 5.10 Å². The number of Topliss-reactive ketones (excluding diaryl/α,β-unsaturated/α-hetero) is 1. The number of aliphatic hydroxyl groups excluding tert-OH is 1. The number of rotatable bonds is 7. The van der Waals surface area contributed by atoms with Crippen molar-refractivity contribution in [1.82, 2.24) is 9.78 Å². The summed E-state index contributed by atoms with van der Waals surface area (Å²) in [5.74, 6) is 0.117. The van der Waals surface area contributed by atoms with Gasteiger partial charge in [-0.15, -0.1) is 0 Å². The van der Waals surface area contributed by atoms with Gasteiger partial charge in [0.25, 0.3) is 0 Å². The fourth-order valence-corrected chi connectivity index (χ4v) is 2.30. The number of carbonyl (C=O) groups is 1. The summed E-state index contributed by atoms with van der Waals surface area (Å²) in [6.45, 7) is 4.27. The molecule has 1 aromatic heterocycles. The van der Waals surface area contributed by atoms with E-state index in [0.717, 1.165) is 31.4 Å². The van der Waals surface area contributed by atoms with Crippen LogP contribution in [0.5, 0.6) is 0 Å². The van der Waals surface area contributed by atoms with Crippen molar-refractivity contribution in [1.29, 1.82) is 0 Å². The van der Waals surface area contributed by atoms with E-state index in [2.05, 4.69) is 18.9 Å². The highest BCUT2D eigenvalue weighted by atomic mass is 16.3. The minimum atomic E-state index is -0.775. The van der Waals surface area contributed by atoms with Crippen LogP contribution in [0.25, 0.3) is 0 Å². The van der Waals surface area contributed by atoms with Crippen LogP contribution in [-0.4, -0.2) is 26.8 Å². The monoisotopic (exact) mass is 250 g/mol. The molecule has 1 saturated carbocycles. The number of carbonyl (C=O) groups excluding carboxylic acids is 1. The predicted molar refractivity (Wildman–Crippen MR) is 69.3 cm³/mol. The standard InChI is InChI=1S/C14H22N2O2/c1-3-12(4-2)16-8-7-11(15-16)9-13(17)14(18)10-5-6-10/h7-8,10,12,14,18H,3-6,9H2,1-2H3. The highest BCUT2D eigenvalue weighted by molar-refractivity contribution is 5.85. The maximum atomic E-state index is 11.8. The molecule has 1 atom stereocenters. The van der Waals surface area contributed by atoms with E-state index in [4.69, 9.17) is 0 Å². The molecule has 1 aromatic rings. The van der Waals surface area contributed by atoms with Crippen molar-refractivity contribution in [3.05, 3.63) is 18.0 Å². The lowest BCUT2D eigenvalue weighted by atomic mass is 10.1. The summed E-state index contributed by atoms with van der Waals surface area (Å²) in [7, 11) is 0. The van der Waals surface area contributed by atoms with Crippen molar-refractivity contribution < 1.29 is 9.90 Å². The van der Waals surface area contributed by atoms with E-state index in [1.54, 1.807) is 0 Å². The lowest BCUT2D eigenvalue weighted by Crippen LogP contribution is -2.24. The summed E-state index contributed by atoms with van der Waals surface area (Å²) < 4.78 is 1.94. The van der Waals surface area contributed by atoms with Crippen LogP contribution in [0.4, 0.5) is 0 Å². The largest absolute Gasteiger partial charge is 0.385 e. The fraction of sp³-hybridized carbons (Fsp3) is 0.714. The molecule has 1 fully saturated rings. The van der Waals surface area contributed by atoms with Crippen molar-refractivity contribution in [3.8, 4) is 0 Å². The maximum Gasteiger partial charge on any atom is 0.167 e. The van der Waals surface area contributed by atoms with E-state index in [0.29, 0.717) is 6.04 Å². The zero-order chi connectivity index (χ0) is 13.1. The molecule has 1 aliphatic rings. The van der Waals surface area contributed by atoms with E-state index >= 15 is 0 Å². The first-order chi connectivity index (χ1) is 8.65. The second-order valence-corrected chi connectivity index (χ2v) is 5.18. The molecule has 1 N–H and O–H groups in total. The molecule has 4 nitrogen and oxygen atoms in total. The molecule has 100 valence electrons. The molecule has 0 saturated heterocycles. The SMILES string of the molecule is CCC(CC)n1ccc(CC(=O)C(O)C2CC2)n1. The topological polar surface area (TPSA) is 55.1 Å². The van der Waals surface area contributed by atoms with Crippen LogP contribution in [0.1, 0.15) is 51.3 Å². The second kappa shape index (κ2) is 5.65. The van der Waals surface area contributed by atoms with Crippen molar-refractivity contribution in [2.24, 2.45) is 5.92 Å². The molecular weight excluding hydrogens is 228 g/mol. The molecule has 1 aliphatic carbocycles. The van der Waals surface area contributed by atoms with Gasteiger partial charge in [-0.1, -0.05) is 13.8 Å². The van der Waals surface area contributed by atoms with Crippen LogP contribution in [0.15, 0.2) is 12.3 Å². The normalized spacial score (nSPS) is 17.1.